The molecular weight excluding hydrogens is 524 g/mol. The molecule has 0 aliphatic carbocycles. The highest BCUT2D eigenvalue weighted by Gasteiger charge is 2.38. The topological polar surface area (TPSA) is 93.5 Å². The van der Waals surface area contributed by atoms with E-state index in [1.165, 1.54) is 36.4 Å². The molecule has 1 amide bonds. The van der Waals surface area contributed by atoms with Crippen molar-refractivity contribution >= 4 is 23.6 Å². The molecule has 4 aromatic rings. The van der Waals surface area contributed by atoms with Gasteiger partial charge in [0.05, 0.1) is 12.9 Å². The number of carboxylic acids is 1. The first-order valence-corrected chi connectivity index (χ1v) is 13.4. The number of imidazole rings is 1. The third-order valence-corrected chi connectivity index (χ3v) is 7.62. The number of carboxylic acid groups (broad SMARTS) is 1. The van der Waals surface area contributed by atoms with Crippen LogP contribution in [0.2, 0.25) is 0 Å². The zero-order chi connectivity index (χ0) is 28.0. The largest absolute Gasteiger partial charge is 0.484 e. The number of thioether (sulfide) groups is 1. The van der Waals surface area contributed by atoms with Crippen LogP contribution in [0.1, 0.15) is 35.4 Å². The predicted molar refractivity (Wildman–Crippen MR) is 145 cm³/mol. The summed E-state index contributed by atoms with van der Waals surface area (Å²) >= 11 is 1.02. The summed E-state index contributed by atoms with van der Waals surface area (Å²) in [5, 5.41) is 12.4. The van der Waals surface area contributed by atoms with E-state index >= 15 is 0 Å². The minimum absolute atomic E-state index is 0.163. The SMILES string of the molecule is CC[C@](NC(=O)c1ccc(OC(Cn2ccnc2)c2ccc(F)cc2)cc1-c1ccc(F)cc1)(SC)C(=O)O. The summed E-state index contributed by atoms with van der Waals surface area (Å²) < 4.78 is 35.5. The van der Waals surface area contributed by atoms with E-state index in [-0.39, 0.29) is 17.8 Å². The van der Waals surface area contributed by atoms with Gasteiger partial charge in [0.1, 0.15) is 23.5 Å². The third-order valence-electron chi connectivity index (χ3n) is 6.35. The first-order chi connectivity index (χ1) is 18.7. The molecule has 1 aromatic heterocycles. The highest BCUT2D eigenvalue weighted by Crippen LogP contribution is 2.33. The average molecular weight is 552 g/mol. The van der Waals surface area contributed by atoms with Crippen molar-refractivity contribution in [3.63, 3.8) is 0 Å². The van der Waals surface area contributed by atoms with Gasteiger partial charge in [-0.3, -0.25) is 4.79 Å². The number of halogens is 2. The molecule has 0 aliphatic rings. The Balaban J connectivity index is 1.73. The molecule has 10 heteroatoms. The molecule has 7 nitrogen and oxygen atoms in total. The van der Waals surface area contributed by atoms with Crippen molar-refractivity contribution in [2.45, 2.75) is 30.9 Å². The minimum Gasteiger partial charge on any atom is -0.484 e. The monoisotopic (exact) mass is 551 g/mol. The molecule has 39 heavy (non-hydrogen) atoms. The van der Waals surface area contributed by atoms with Crippen LogP contribution in [0.4, 0.5) is 8.78 Å². The van der Waals surface area contributed by atoms with Crippen LogP contribution >= 0.6 is 11.8 Å². The molecule has 1 unspecified atom stereocenters. The lowest BCUT2D eigenvalue weighted by molar-refractivity contribution is -0.140. The van der Waals surface area contributed by atoms with Gasteiger partial charge >= 0.3 is 5.97 Å². The number of carbonyl (C=O) groups is 2. The maximum absolute atomic E-state index is 13.7. The van der Waals surface area contributed by atoms with Crippen molar-refractivity contribution in [1.29, 1.82) is 0 Å². The van der Waals surface area contributed by atoms with E-state index in [1.807, 2.05) is 4.57 Å². The number of aliphatic carboxylic acids is 1. The predicted octanol–water partition coefficient (Wildman–Crippen LogP) is 5.93. The lowest BCUT2D eigenvalue weighted by Crippen LogP contribution is -2.51. The number of carbonyl (C=O) groups excluding carboxylic acids is 1. The normalized spacial score (nSPS) is 13.3. The van der Waals surface area contributed by atoms with Crippen LogP contribution in [0.25, 0.3) is 11.1 Å². The molecule has 0 fully saturated rings. The zero-order valence-electron chi connectivity index (χ0n) is 21.3. The van der Waals surface area contributed by atoms with Crippen LogP contribution in [-0.4, -0.2) is 37.7 Å². The Bertz CT molecular complexity index is 1420. The Morgan fingerprint density at radius 3 is 2.31 bits per heavy atom. The molecule has 2 N–H and O–H groups in total. The number of ether oxygens (including phenoxy) is 1. The van der Waals surface area contributed by atoms with Gasteiger partial charge in [0.25, 0.3) is 5.91 Å². The van der Waals surface area contributed by atoms with E-state index in [9.17, 15) is 23.5 Å². The molecule has 4 rings (SSSR count). The lowest BCUT2D eigenvalue weighted by atomic mass is 9.98. The minimum atomic E-state index is -1.51. The summed E-state index contributed by atoms with van der Waals surface area (Å²) in [5.41, 5.74) is 1.91. The third kappa shape index (κ3) is 6.46. The summed E-state index contributed by atoms with van der Waals surface area (Å²) in [6.07, 6.45) is 6.32. The van der Waals surface area contributed by atoms with Gasteiger partial charge in [-0.25, -0.2) is 18.6 Å². The Kier molecular flexibility index (Phi) is 8.65. The van der Waals surface area contributed by atoms with Crippen molar-refractivity contribution in [2.75, 3.05) is 6.26 Å². The van der Waals surface area contributed by atoms with Gasteiger partial charge in [-0.2, -0.15) is 0 Å². The second-order valence-corrected chi connectivity index (χ2v) is 9.88. The van der Waals surface area contributed by atoms with Gasteiger partial charge in [0.15, 0.2) is 4.87 Å². The number of nitrogens with one attached hydrogen (secondary N) is 1. The fourth-order valence-electron chi connectivity index (χ4n) is 4.13. The van der Waals surface area contributed by atoms with E-state index < -0.39 is 28.7 Å². The zero-order valence-corrected chi connectivity index (χ0v) is 22.1. The molecule has 0 aliphatic heterocycles. The molecule has 0 spiro atoms. The van der Waals surface area contributed by atoms with E-state index in [2.05, 4.69) is 10.3 Å². The number of nitrogens with zero attached hydrogens (tertiary/aromatic N) is 2. The highest BCUT2D eigenvalue weighted by atomic mass is 32.2. The van der Waals surface area contributed by atoms with Crippen LogP contribution in [0.5, 0.6) is 5.75 Å². The van der Waals surface area contributed by atoms with E-state index in [0.717, 1.165) is 17.3 Å². The van der Waals surface area contributed by atoms with Crippen molar-refractivity contribution in [1.82, 2.24) is 14.9 Å². The second-order valence-electron chi connectivity index (χ2n) is 8.78. The van der Waals surface area contributed by atoms with Crippen LogP contribution < -0.4 is 10.1 Å². The summed E-state index contributed by atoms with van der Waals surface area (Å²) in [4.78, 5) is 27.9. The number of amides is 1. The van der Waals surface area contributed by atoms with Gasteiger partial charge in [-0.05, 0) is 71.8 Å². The summed E-state index contributed by atoms with van der Waals surface area (Å²) in [7, 11) is 0. The number of aromatic nitrogens is 2. The standard InChI is InChI=1S/C29H27F2N3O4S/c1-3-29(39-2,28(36)37)33-27(35)24-13-12-23(16-25(24)19-4-8-21(30)9-5-19)38-26(17-34-15-14-32-18-34)20-6-10-22(31)11-7-20/h4-16,18,26H,3,17H2,1-2H3,(H,33,35)(H,36,37)/t26?,29-/m0/s1. The van der Waals surface area contributed by atoms with Gasteiger partial charge in [0.2, 0.25) is 0 Å². The van der Waals surface area contributed by atoms with Gasteiger partial charge < -0.3 is 19.7 Å². The van der Waals surface area contributed by atoms with E-state index in [1.54, 1.807) is 62.2 Å². The first kappa shape index (κ1) is 27.8. The molecule has 1 heterocycles. The van der Waals surface area contributed by atoms with Crippen molar-refractivity contribution < 1.29 is 28.2 Å². The van der Waals surface area contributed by atoms with Crippen LogP contribution in [0, 0.1) is 11.6 Å². The fraction of sp³-hybridized carbons (Fsp3) is 0.207. The molecule has 0 saturated heterocycles. The summed E-state index contributed by atoms with van der Waals surface area (Å²) in [6, 6.07) is 16.4. The van der Waals surface area contributed by atoms with Crippen molar-refractivity contribution in [3.05, 3.63) is 108 Å². The lowest BCUT2D eigenvalue weighted by Gasteiger charge is -2.28. The number of rotatable bonds is 11. The molecular formula is C29H27F2N3O4S. The molecule has 3 aromatic carbocycles. The first-order valence-electron chi connectivity index (χ1n) is 12.1. The maximum atomic E-state index is 13.7. The highest BCUT2D eigenvalue weighted by molar-refractivity contribution is 8.00. The van der Waals surface area contributed by atoms with Crippen molar-refractivity contribution in [2.24, 2.45) is 0 Å². The number of hydrogen-bond donors (Lipinski definition) is 2. The van der Waals surface area contributed by atoms with Crippen molar-refractivity contribution in [3.8, 4) is 16.9 Å². The second kappa shape index (κ2) is 12.1. The Morgan fingerprint density at radius 1 is 1.08 bits per heavy atom. The van der Waals surface area contributed by atoms with Crippen LogP contribution in [0.15, 0.2) is 85.5 Å². The molecule has 0 bridgehead atoms. The summed E-state index contributed by atoms with van der Waals surface area (Å²) in [6.45, 7) is 2.06. The van der Waals surface area contributed by atoms with Crippen LogP contribution in [0.3, 0.4) is 0 Å². The fourth-order valence-corrected chi connectivity index (χ4v) is 4.79. The number of hydrogen-bond acceptors (Lipinski definition) is 5. The molecule has 2 atom stereocenters. The van der Waals surface area contributed by atoms with Crippen LogP contribution in [-0.2, 0) is 11.3 Å². The maximum Gasteiger partial charge on any atom is 0.340 e. The van der Waals surface area contributed by atoms with Gasteiger partial charge in [-0.15, -0.1) is 11.8 Å². The Labute approximate surface area is 228 Å². The van der Waals surface area contributed by atoms with Gasteiger partial charge in [-0.1, -0.05) is 31.2 Å². The molecule has 202 valence electrons. The van der Waals surface area contributed by atoms with E-state index in [4.69, 9.17) is 4.74 Å². The summed E-state index contributed by atoms with van der Waals surface area (Å²) in [5.74, 6) is -2.15. The number of benzene rings is 3. The Morgan fingerprint density at radius 2 is 1.74 bits per heavy atom. The molecule has 0 saturated carbocycles. The Hall–Kier alpha value is -4.18. The average Bonchev–Trinajstić information content (AvgIpc) is 3.45. The quantitative estimate of drug-likeness (QED) is 0.225. The molecule has 0 radical (unpaired) electrons. The van der Waals surface area contributed by atoms with E-state index in [0.29, 0.717) is 23.4 Å². The smallest absolute Gasteiger partial charge is 0.340 e. The van der Waals surface area contributed by atoms with Gasteiger partial charge in [0, 0.05) is 18.0 Å².